The number of hydrogen-bond acceptors (Lipinski definition) is 6. The second-order valence-corrected chi connectivity index (χ2v) is 7.95. The number of carboxylic acid groups (broad SMARTS) is 1. The number of pyridine rings is 1. The third-order valence-electron chi connectivity index (χ3n) is 2.84. The molecule has 0 aliphatic rings. The molecule has 25 heavy (non-hydrogen) atoms. The largest absolute Gasteiger partial charge is 0.481 e. The standard InChI is InChI=1S/C16H21ClN2O5S/c1-9(20)25-8-11(14(21)22)5-10-6-12(17)13(18-7-10)19-15(23)24-16(2,3)4/h6-7,11H,5,8H2,1-4H3,(H,21,22)(H,18,19,23). The highest BCUT2D eigenvalue weighted by Gasteiger charge is 2.21. The first-order chi connectivity index (χ1) is 11.5. The lowest BCUT2D eigenvalue weighted by Gasteiger charge is -2.19. The van der Waals surface area contributed by atoms with Gasteiger partial charge in [0.15, 0.2) is 10.9 Å². The molecule has 1 aromatic heterocycles. The van der Waals surface area contributed by atoms with Crippen molar-refractivity contribution in [2.45, 2.75) is 39.7 Å². The number of thioether (sulfide) groups is 1. The van der Waals surface area contributed by atoms with E-state index in [1.807, 2.05) is 0 Å². The summed E-state index contributed by atoms with van der Waals surface area (Å²) in [6.07, 6.45) is 0.929. The van der Waals surface area contributed by atoms with Crippen LogP contribution in [0.5, 0.6) is 0 Å². The predicted octanol–water partition coefficient (Wildman–Crippen LogP) is 3.61. The summed E-state index contributed by atoms with van der Waals surface area (Å²) in [6.45, 7) is 6.58. The first kappa shape index (κ1) is 21.2. The topological polar surface area (TPSA) is 106 Å². The molecule has 2 N–H and O–H groups in total. The molecule has 0 aromatic carbocycles. The van der Waals surface area contributed by atoms with Gasteiger partial charge in [-0.25, -0.2) is 9.78 Å². The van der Waals surface area contributed by atoms with Crippen molar-refractivity contribution < 1.29 is 24.2 Å². The van der Waals surface area contributed by atoms with Gasteiger partial charge in [0.2, 0.25) is 0 Å². The number of carbonyl (C=O) groups is 3. The fourth-order valence-electron chi connectivity index (χ4n) is 1.80. The number of carbonyl (C=O) groups excluding carboxylic acids is 2. The van der Waals surface area contributed by atoms with E-state index in [4.69, 9.17) is 16.3 Å². The zero-order chi connectivity index (χ0) is 19.2. The van der Waals surface area contributed by atoms with Crippen LogP contribution < -0.4 is 5.32 Å². The third kappa shape index (κ3) is 8.22. The van der Waals surface area contributed by atoms with Gasteiger partial charge in [0.25, 0.3) is 0 Å². The maximum Gasteiger partial charge on any atom is 0.413 e. The molecule has 0 radical (unpaired) electrons. The van der Waals surface area contributed by atoms with Crippen LogP contribution in [0.15, 0.2) is 12.3 Å². The monoisotopic (exact) mass is 388 g/mol. The Labute approximate surface area is 155 Å². The van der Waals surface area contributed by atoms with Crippen LogP contribution in [0.2, 0.25) is 5.02 Å². The fraction of sp³-hybridized carbons (Fsp3) is 0.500. The number of hydrogen-bond donors (Lipinski definition) is 2. The van der Waals surface area contributed by atoms with Crippen LogP contribution in [0.1, 0.15) is 33.3 Å². The second kappa shape index (κ2) is 9.05. The first-order valence-corrected chi connectivity index (χ1v) is 8.85. The first-order valence-electron chi connectivity index (χ1n) is 7.48. The van der Waals surface area contributed by atoms with Crippen molar-refractivity contribution in [1.29, 1.82) is 0 Å². The molecule has 1 heterocycles. The van der Waals surface area contributed by atoms with Crippen molar-refractivity contribution >= 4 is 46.4 Å². The van der Waals surface area contributed by atoms with E-state index in [1.165, 1.54) is 19.2 Å². The molecule has 0 saturated heterocycles. The second-order valence-electron chi connectivity index (χ2n) is 6.34. The van der Waals surface area contributed by atoms with E-state index in [0.29, 0.717) is 5.56 Å². The van der Waals surface area contributed by atoms with Crippen LogP contribution >= 0.6 is 23.4 Å². The zero-order valence-electron chi connectivity index (χ0n) is 14.5. The van der Waals surface area contributed by atoms with Crippen molar-refractivity contribution in [3.8, 4) is 0 Å². The average Bonchev–Trinajstić information content (AvgIpc) is 2.43. The van der Waals surface area contributed by atoms with Crippen LogP contribution in [0.3, 0.4) is 0 Å². The minimum absolute atomic E-state index is 0.129. The molecule has 0 spiro atoms. The molecule has 1 unspecified atom stereocenters. The van der Waals surface area contributed by atoms with Gasteiger partial charge in [-0.05, 0) is 38.8 Å². The highest BCUT2D eigenvalue weighted by Crippen LogP contribution is 2.23. The molecular weight excluding hydrogens is 368 g/mol. The average molecular weight is 389 g/mol. The number of aromatic nitrogens is 1. The molecule has 1 amide bonds. The number of aliphatic carboxylic acids is 1. The summed E-state index contributed by atoms with van der Waals surface area (Å²) >= 11 is 7.06. The Hall–Kier alpha value is -1.80. The van der Waals surface area contributed by atoms with Crippen LogP contribution in [-0.2, 0) is 20.7 Å². The van der Waals surface area contributed by atoms with Crippen LogP contribution in [0.25, 0.3) is 0 Å². The Morgan fingerprint density at radius 3 is 2.52 bits per heavy atom. The maximum absolute atomic E-state index is 11.7. The predicted molar refractivity (Wildman–Crippen MR) is 97.1 cm³/mol. The molecule has 7 nitrogen and oxygen atoms in total. The van der Waals surface area contributed by atoms with Gasteiger partial charge in [0.05, 0.1) is 10.9 Å². The van der Waals surface area contributed by atoms with E-state index in [9.17, 15) is 19.5 Å². The highest BCUT2D eigenvalue weighted by atomic mass is 35.5. The van der Waals surface area contributed by atoms with Gasteiger partial charge in [-0.1, -0.05) is 23.4 Å². The summed E-state index contributed by atoms with van der Waals surface area (Å²) in [6, 6.07) is 1.54. The third-order valence-corrected chi connectivity index (χ3v) is 4.10. The summed E-state index contributed by atoms with van der Waals surface area (Å²) in [7, 11) is 0. The van der Waals surface area contributed by atoms with Crippen LogP contribution in [-0.4, -0.2) is 38.6 Å². The molecule has 0 fully saturated rings. The van der Waals surface area contributed by atoms with E-state index < -0.39 is 23.6 Å². The molecule has 0 bridgehead atoms. The van der Waals surface area contributed by atoms with Crippen LogP contribution in [0, 0.1) is 5.92 Å². The maximum atomic E-state index is 11.7. The Kier molecular flexibility index (Phi) is 7.69. The van der Waals surface area contributed by atoms with Crippen LogP contribution in [0.4, 0.5) is 10.6 Å². The SMILES string of the molecule is CC(=O)SCC(Cc1cnc(NC(=O)OC(C)(C)C)c(Cl)c1)C(=O)O. The summed E-state index contributed by atoms with van der Waals surface area (Å²) in [4.78, 5) is 38.1. The van der Waals surface area contributed by atoms with Gasteiger partial charge >= 0.3 is 12.1 Å². The number of anilines is 1. The summed E-state index contributed by atoms with van der Waals surface area (Å²) in [5.74, 6) is -1.44. The summed E-state index contributed by atoms with van der Waals surface area (Å²) < 4.78 is 5.12. The number of nitrogens with one attached hydrogen (secondary N) is 1. The molecular formula is C16H21ClN2O5S. The molecule has 1 atom stereocenters. The number of ether oxygens (including phenoxy) is 1. The Bertz CT molecular complexity index is 660. The fourth-order valence-corrected chi connectivity index (χ4v) is 2.73. The Morgan fingerprint density at radius 1 is 1.40 bits per heavy atom. The quantitative estimate of drug-likeness (QED) is 0.766. The van der Waals surface area contributed by atoms with Gasteiger partial charge in [-0.15, -0.1) is 0 Å². The Balaban J connectivity index is 2.78. The van der Waals surface area contributed by atoms with Gasteiger partial charge in [0.1, 0.15) is 5.60 Å². The number of rotatable bonds is 6. The molecule has 0 aliphatic carbocycles. The van der Waals surface area contributed by atoms with Crippen molar-refractivity contribution in [3.05, 3.63) is 22.8 Å². The van der Waals surface area contributed by atoms with Crippen molar-refractivity contribution in [3.63, 3.8) is 0 Å². The number of amides is 1. The molecule has 1 aromatic rings. The van der Waals surface area contributed by atoms with E-state index in [-0.39, 0.29) is 28.1 Å². The zero-order valence-corrected chi connectivity index (χ0v) is 16.0. The van der Waals surface area contributed by atoms with Crippen molar-refractivity contribution in [1.82, 2.24) is 4.98 Å². The summed E-state index contributed by atoms with van der Waals surface area (Å²) in [5.41, 5.74) is -0.0594. The van der Waals surface area contributed by atoms with E-state index in [0.717, 1.165) is 11.8 Å². The number of carboxylic acids is 1. The van der Waals surface area contributed by atoms with E-state index in [2.05, 4.69) is 10.3 Å². The minimum atomic E-state index is -0.999. The van der Waals surface area contributed by atoms with Gasteiger partial charge in [-0.2, -0.15) is 0 Å². The molecule has 138 valence electrons. The van der Waals surface area contributed by atoms with Gasteiger partial charge in [0, 0.05) is 18.9 Å². The van der Waals surface area contributed by atoms with E-state index >= 15 is 0 Å². The molecule has 9 heteroatoms. The number of nitrogens with zero attached hydrogens (tertiary/aromatic N) is 1. The normalized spacial score (nSPS) is 12.4. The van der Waals surface area contributed by atoms with Gasteiger partial charge < -0.3 is 9.84 Å². The lowest BCUT2D eigenvalue weighted by molar-refractivity contribution is -0.140. The molecule has 0 aliphatic heterocycles. The lowest BCUT2D eigenvalue weighted by Crippen LogP contribution is -2.27. The van der Waals surface area contributed by atoms with Gasteiger partial charge in [-0.3, -0.25) is 14.9 Å². The smallest absolute Gasteiger partial charge is 0.413 e. The Morgan fingerprint density at radius 2 is 2.04 bits per heavy atom. The van der Waals surface area contributed by atoms with Crippen molar-refractivity contribution in [2.24, 2.45) is 5.92 Å². The van der Waals surface area contributed by atoms with Crippen molar-refractivity contribution in [2.75, 3.05) is 11.1 Å². The van der Waals surface area contributed by atoms with E-state index in [1.54, 1.807) is 20.8 Å². The minimum Gasteiger partial charge on any atom is -0.481 e. The molecule has 0 saturated carbocycles. The molecule has 1 rings (SSSR count). The summed E-state index contributed by atoms with van der Waals surface area (Å²) in [5, 5.41) is 11.7. The lowest BCUT2D eigenvalue weighted by atomic mass is 10.0. The number of halogens is 1. The highest BCUT2D eigenvalue weighted by molar-refractivity contribution is 8.13.